The highest BCUT2D eigenvalue weighted by atomic mass is 31.1. The quantitative estimate of drug-likeness (QED) is 0.573. The molecule has 1 aromatic heterocycles. The van der Waals surface area contributed by atoms with E-state index in [0.29, 0.717) is 0 Å². The van der Waals surface area contributed by atoms with Gasteiger partial charge in [-0.25, -0.2) is 0 Å². The van der Waals surface area contributed by atoms with E-state index in [0.717, 1.165) is 5.69 Å². The van der Waals surface area contributed by atoms with Crippen molar-refractivity contribution in [1.29, 1.82) is 0 Å². The van der Waals surface area contributed by atoms with Gasteiger partial charge in [-0.1, -0.05) is 4.75 Å². The zero-order valence-electron chi connectivity index (χ0n) is 4.70. The Hall–Kier alpha value is -0.620. The summed E-state index contributed by atoms with van der Waals surface area (Å²) in [5.74, 6) is 1.98. The summed E-state index contributed by atoms with van der Waals surface area (Å²) in [6, 6.07) is 1.81. The van der Waals surface area contributed by atoms with Gasteiger partial charge in [-0.05, 0) is 6.07 Å². The highest BCUT2D eigenvalue weighted by molar-refractivity contribution is 7.43. The van der Waals surface area contributed by atoms with Crippen LogP contribution < -0.4 is 5.73 Å². The monoisotopic (exact) mass is 127 g/mol. The number of aromatic nitrogens is 1. The summed E-state index contributed by atoms with van der Waals surface area (Å²) in [5, 5.41) is 0. The van der Waals surface area contributed by atoms with Gasteiger partial charge in [-0.15, -0.1) is 0 Å². The van der Waals surface area contributed by atoms with Gasteiger partial charge in [0.2, 0.25) is 7.69 Å². The topological polar surface area (TPSA) is 38.9 Å². The molecule has 1 atom stereocenters. The van der Waals surface area contributed by atoms with Crippen molar-refractivity contribution >= 4 is 13.4 Å². The molecular formula is C5H8N2P+. The predicted octanol–water partition coefficient (Wildman–Crippen LogP) is 1.47. The summed E-state index contributed by atoms with van der Waals surface area (Å²) >= 11 is 0. The van der Waals surface area contributed by atoms with E-state index < -0.39 is 0 Å². The molecule has 0 amide bonds. The number of nitrogens with two attached hydrogens (primary N) is 1. The molecule has 1 unspecified atom stereocenters. The van der Waals surface area contributed by atoms with Crippen LogP contribution in [0.25, 0.3) is 0 Å². The number of nitrogen functional groups attached to an aromatic ring is 1. The third kappa shape index (κ3) is 1.17. The third-order valence-electron chi connectivity index (χ3n) is 0.852. The van der Waals surface area contributed by atoms with Crippen LogP contribution in [0.5, 0.6) is 0 Å². The molecule has 0 aromatic carbocycles. The smallest absolute Gasteiger partial charge is 0.234 e. The molecule has 0 bridgehead atoms. The molecule has 0 aliphatic heterocycles. The van der Waals surface area contributed by atoms with Crippen molar-refractivity contribution < 1.29 is 0 Å². The molecule has 0 fully saturated rings. The molecule has 3 heteroatoms. The van der Waals surface area contributed by atoms with Crippen molar-refractivity contribution in [3.63, 3.8) is 0 Å². The van der Waals surface area contributed by atoms with Crippen molar-refractivity contribution in [3.05, 3.63) is 18.1 Å². The lowest BCUT2D eigenvalue weighted by Gasteiger charge is -1.80. The van der Waals surface area contributed by atoms with Gasteiger partial charge in [0.15, 0.2) is 5.80 Å². The summed E-state index contributed by atoms with van der Waals surface area (Å²) in [7, 11) is -0.280. The number of rotatable bonds is 0. The van der Waals surface area contributed by atoms with Crippen LogP contribution >= 0.6 is 7.69 Å². The van der Waals surface area contributed by atoms with Gasteiger partial charge in [0.25, 0.3) is 0 Å². The largest absolute Gasteiger partial charge is 0.396 e. The standard InChI is InChI=1S/C5H8N2P/c1-8-4-5(6)2-3-7-8/h2-4H,1H3,(H2,6,7)/q+1. The van der Waals surface area contributed by atoms with Crippen LogP contribution in [0.15, 0.2) is 18.1 Å². The van der Waals surface area contributed by atoms with Gasteiger partial charge in [0.05, 0.1) is 11.9 Å². The average Bonchev–Trinajstić information content (AvgIpc) is 1.64. The Morgan fingerprint density at radius 1 is 1.75 bits per heavy atom. The molecule has 1 rings (SSSR count). The van der Waals surface area contributed by atoms with E-state index >= 15 is 0 Å². The molecule has 0 saturated heterocycles. The summed E-state index contributed by atoms with van der Waals surface area (Å²) in [4.78, 5) is 0. The predicted molar refractivity (Wildman–Crippen MR) is 36.7 cm³/mol. The molecule has 0 saturated carbocycles. The first-order valence-corrected chi connectivity index (χ1v) is 4.17. The van der Waals surface area contributed by atoms with Crippen molar-refractivity contribution in [3.8, 4) is 0 Å². The SMILES string of the molecule is C[p+]1cc(N)ccn1. The third-order valence-corrected chi connectivity index (χ3v) is 2.02. The molecule has 0 aliphatic carbocycles. The van der Waals surface area contributed by atoms with Gasteiger partial charge in [0.1, 0.15) is 6.66 Å². The van der Waals surface area contributed by atoms with Crippen molar-refractivity contribution in [2.24, 2.45) is 6.66 Å². The zero-order valence-corrected chi connectivity index (χ0v) is 5.60. The van der Waals surface area contributed by atoms with E-state index in [4.69, 9.17) is 5.73 Å². The van der Waals surface area contributed by atoms with Crippen molar-refractivity contribution in [1.82, 2.24) is 4.75 Å². The fourth-order valence-corrected chi connectivity index (χ4v) is 1.38. The summed E-state index contributed by atoms with van der Waals surface area (Å²) in [6.45, 7) is 2.06. The zero-order chi connectivity index (χ0) is 5.98. The minimum absolute atomic E-state index is 0.280. The molecule has 0 radical (unpaired) electrons. The summed E-state index contributed by atoms with van der Waals surface area (Å²) in [5.41, 5.74) is 6.30. The lowest BCUT2D eigenvalue weighted by molar-refractivity contribution is 1.51. The molecule has 0 aliphatic rings. The highest BCUT2D eigenvalue weighted by Crippen LogP contribution is 2.18. The minimum Gasteiger partial charge on any atom is -0.396 e. The Morgan fingerprint density at radius 2 is 2.50 bits per heavy atom. The molecular weight excluding hydrogens is 119 g/mol. The Kier molecular flexibility index (Phi) is 1.45. The lowest BCUT2D eigenvalue weighted by Crippen LogP contribution is -1.80. The van der Waals surface area contributed by atoms with Gasteiger partial charge in [-0.2, -0.15) is 0 Å². The maximum atomic E-state index is 5.46. The van der Waals surface area contributed by atoms with Crippen molar-refractivity contribution in [2.75, 3.05) is 5.73 Å². The maximum Gasteiger partial charge on any atom is 0.234 e. The fraction of sp³-hybridized carbons (Fsp3) is 0.200. The Balaban J connectivity index is 3.08. The molecule has 2 N–H and O–H groups in total. The molecule has 2 nitrogen and oxygen atoms in total. The van der Waals surface area contributed by atoms with Crippen LogP contribution in [0.3, 0.4) is 0 Å². The van der Waals surface area contributed by atoms with Crippen LogP contribution in [-0.4, -0.2) is 4.75 Å². The molecule has 1 aromatic rings. The minimum atomic E-state index is -0.280. The number of hydrogen-bond donors (Lipinski definition) is 1. The van der Waals surface area contributed by atoms with Crippen LogP contribution in [0, 0.1) is 0 Å². The van der Waals surface area contributed by atoms with Crippen LogP contribution in [0.4, 0.5) is 5.69 Å². The fourth-order valence-electron chi connectivity index (χ4n) is 0.517. The van der Waals surface area contributed by atoms with Gasteiger partial charge >= 0.3 is 0 Å². The summed E-state index contributed by atoms with van der Waals surface area (Å²) in [6.07, 6.45) is 1.76. The molecule has 1 heterocycles. The maximum absolute atomic E-state index is 5.46. The second-order valence-corrected chi connectivity index (χ2v) is 3.27. The van der Waals surface area contributed by atoms with E-state index in [1.54, 1.807) is 6.20 Å². The van der Waals surface area contributed by atoms with E-state index in [1.807, 2.05) is 11.9 Å². The van der Waals surface area contributed by atoms with Crippen LogP contribution in [0.1, 0.15) is 0 Å². The van der Waals surface area contributed by atoms with E-state index in [1.165, 1.54) is 0 Å². The number of aryl methyl sites for hydroxylation is 1. The van der Waals surface area contributed by atoms with Gasteiger partial charge in [0, 0.05) is 0 Å². The van der Waals surface area contributed by atoms with Crippen LogP contribution in [-0.2, 0) is 6.66 Å². The van der Waals surface area contributed by atoms with E-state index in [-0.39, 0.29) is 7.69 Å². The molecule has 42 valence electrons. The second-order valence-electron chi connectivity index (χ2n) is 1.63. The number of anilines is 1. The van der Waals surface area contributed by atoms with E-state index in [9.17, 15) is 0 Å². The normalized spacial score (nSPS) is 11.4. The molecule has 0 spiro atoms. The molecule has 8 heavy (non-hydrogen) atoms. The van der Waals surface area contributed by atoms with Crippen molar-refractivity contribution in [2.45, 2.75) is 0 Å². The number of hydrogen-bond acceptors (Lipinski definition) is 2. The Labute approximate surface area is 49.5 Å². The number of nitrogens with zero attached hydrogens (tertiary/aromatic N) is 1. The first kappa shape index (κ1) is 5.52. The Morgan fingerprint density at radius 3 is 2.88 bits per heavy atom. The van der Waals surface area contributed by atoms with Gasteiger partial charge < -0.3 is 5.73 Å². The average molecular weight is 127 g/mol. The second kappa shape index (κ2) is 2.10. The lowest BCUT2D eigenvalue weighted by atomic mass is 10.5. The van der Waals surface area contributed by atoms with Crippen LogP contribution in [0.2, 0.25) is 0 Å². The van der Waals surface area contributed by atoms with Gasteiger partial charge in [-0.3, -0.25) is 0 Å². The first-order chi connectivity index (χ1) is 3.79. The first-order valence-electron chi connectivity index (χ1n) is 2.36. The summed E-state index contributed by atoms with van der Waals surface area (Å²) < 4.78 is 4.11. The van der Waals surface area contributed by atoms with E-state index in [2.05, 4.69) is 11.4 Å². The highest BCUT2D eigenvalue weighted by Gasteiger charge is 1.94. The Bertz CT molecular complexity index is 170.